The van der Waals surface area contributed by atoms with Crippen LogP contribution in [0.25, 0.3) is 0 Å². The molecule has 0 fully saturated rings. The molecule has 0 aliphatic heterocycles. The third-order valence-corrected chi connectivity index (χ3v) is 5.23. The van der Waals surface area contributed by atoms with Gasteiger partial charge in [0.05, 0.1) is 22.0 Å². The fourth-order valence-corrected chi connectivity index (χ4v) is 4.08. The molecular formula is C14H19BrN2OS. The largest absolute Gasteiger partial charge is 0.388 e. The summed E-state index contributed by atoms with van der Waals surface area (Å²) >= 11 is 5.33. The van der Waals surface area contributed by atoms with Crippen LogP contribution in [0.3, 0.4) is 0 Å². The first kappa shape index (κ1) is 14.8. The number of rotatable bonds is 4. The van der Waals surface area contributed by atoms with Gasteiger partial charge in [0.25, 0.3) is 0 Å². The van der Waals surface area contributed by atoms with Crippen molar-refractivity contribution in [1.29, 1.82) is 0 Å². The second kappa shape index (κ2) is 5.77. The van der Waals surface area contributed by atoms with Crippen molar-refractivity contribution in [2.75, 3.05) is 0 Å². The number of aryl methyl sites for hydroxylation is 4. The Morgan fingerprint density at radius 3 is 2.63 bits per heavy atom. The molecule has 0 aliphatic rings. The van der Waals surface area contributed by atoms with Crippen molar-refractivity contribution in [3.63, 3.8) is 0 Å². The van der Waals surface area contributed by atoms with E-state index in [-0.39, 0.29) is 0 Å². The predicted molar refractivity (Wildman–Crippen MR) is 82.7 cm³/mol. The van der Waals surface area contributed by atoms with Crippen LogP contribution in [0.5, 0.6) is 0 Å². The average Bonchev–Trinajstić information content (AvgIpc) is 2.82. The van der Waals surface area contributed by atoms with E-state index in [1.807, 2.05) is 11.7 Å². The first-order valence-corrected chi connectivity index (χ1v) is 8.00. The molecule has 2 aromatic heterocycles. The van der Waals surface area contributed by atoms with Crippen molar-refractivity contribution in [3.05, 3.63) is 37.2 Å². The lowest BCUT2D eigenvalue weighted by Gasteiger charge is -2.11. The van der Waals surface area contributed by atoms with Gasteiger partial charge in [0.2, 0.25) is 0 Å². The Kier molecular flexibility index (Phi) is 4.48. The van der Waals surface area contributed by atoms with Gasteiger partial charge in [-0.25, -0.2) is 0 Å². The minimum Gasteiger partial charge on any atom is -0.388 e. The van der Waals surface area contributed by atoms with Gasteiger partial charge in [-0.05, 0) is 47.8 Å². The van der Waals surface area contributed by atoms with E-state index in [1.165, 1.54) is 9.75 Å². The molecule has 104 valence electrons. The Morgan fingerprint density at radius 1 is 1.47 bits per heavy atom. The molecule has 2 rings (SSSR count). The molecule has 2 aromatic rings. The van der Waals surface area contributed by atoms with Crippen molar-refractivity contribution in [2.24, 2.45) is 7.05 Å². The van der Waals surface area contributed by atoms with Gasteiger partial charge in [-0.3, -0.25) is 4.68 Å². The second-order valence-electron chi connectivity index (χ2n) is 4.77. The SMILES string of the molecule is CCc1nn(C)c(CC(O)c2cc(C)sc2C)c1Br. The maximum Gasteiger partial charge on any atom is 0.0856 e. The molecule has 1 unspecified atom stereocenters. The molecule has 5 heteroatoms. The average molecular weight is 343 g/mol. The first-order chi connectivity index (χ1) is 8.93. The number of halogens is 1. The van der Waals surface area contributed by atoms with E-state index >= 15 is 0 Å². The third-order valence-electron chi connectivity index (χ3n) is 3.33. The van der Waals surface area contributed by atoms with Gasteiger partial charge >= 0.3 is 0 Å². The van der Waals surface area contributed by atoms with E-state index in [9.17, 15) is 5.11 Å². The molecule has 0 amide bonds. The number of aliphatic hydroxyl groups excluding tert-OH is 1. The lowest BCUT2D eigenvalue weighted by atomic mass is 10.1. The number of hydrogen-bond donors (Lipinski definition) is 1. The van der Waals surface area contributed by atoms with E-state index in [0.717, 1.165) is 27.8 Å². The third kappa shape index (κ3) is 2.93. The minimum absolute atomic E-state index is 0.471. The van der Waals surface area contributed by atoms with Crippen molar-refractivity contribution >= 4 is 27.3 Å². The second-order valence-corrected chi connectivity index (χ2v) is 7.03. The zero-order valence-corrected chi connectivity index (χ0v) is 14.1. The molecular weight excluding hydrogens is 324 g/mol. The zero-order chi connectivity index (χ0) is 14.2. The van der Waals surface area contributed by atoms with E-state index in [1.54, 1.807) is 11.3 Å². The Hall–Kier alpha value is -0.650. The Bertz CT molecular complexity index is 589. The summed E-state index contributed by atoms with van der Waals surface area (Å²) in [4.78, 5) is 2.43. The lowest BCUT2D eigenvalue weighted by molar-refractivity contribution is 0.175. The van der Waals surface area contributed by atoms with Gasteiger partial charge < -0.3 is 5.11 Å². The Labute approximate surface area is 126 Å². The summed E-state index contributed by atoms with van der Waals surface area (Å²) in [6, 6.07) is 2.08. The summed E-state index contributed by atoms with van der Waals surface area (Å²) in [6.07, 6.45) is 1.00. The van der Waals surface area contributed by atoms with Crippen LogP contribution in [0, 0.1) is 13.8 Å². The normalized spacial score (nSPS) is 12.9. The molecule has 0 aliphatic carbocycles. The smallest absolute Gasteiger partial charge is 0.0856 e. The summed E-state index contributed by atoms with van der Waals surface area (Å²) in [7, 11) is 1.93. The van der Waals surface area contributed by atoms with Crippen LogP contribution in [0.2, 0.25) is 0 Å². The van der Waals surface area contributed by atoms with Crippen LogP contribution in [0.4, 0.5) is 0 Å². The fourth-order valence-electron chi connectivity index (χ4n) is 2.32. The summed E-state index contributed by atoms with van der Waals surface area (Å²) in [5, 5.41) is 14.9. The highest BCUT2D eigenvalue weighted by atomic mass is 79.9. The van der Waals surface area contributed by atoms with Crippen LogP contribution in [-0.2, 0) is 19.9 Å². The van der Waals surface area contributed by atoms with Crippen molar-refractivity contribution in [3.8, 4) is 0 Å². The molecule has 0 bridgehead atoms. The molecule has 3 nitrogen and oxygen atoms in total. The zero-order valence-electron chi connectivity index (χ0n) is 11.7. The minimum atomic E-state index is -0.471. The van der Waals surface area contributed by atoms with Gasteiger partial charge in [-0.1, -0.05) is 6.92 Å². The van der Waals surface area contributed by atoms with Crippen LogP contribution < -0.4 is 0 Å². The van der Waals surface area contributed by atoms with Crippen LogP contribution in [0.1, 0.15) is 39.7 Å². The van der Waals surface area contributed by atoms with E-state index in [0.29, 0.717) is 6.42 Å². The highest BCUT2D eigenvalue weighted by molar-refractivity contribution is 9.10. The fraction of sp³-hybridized carbons (Fsp3) is 0.500. The number of aliphatic hydroxyl groups is 1. The topological polar surface area (TPSA) is 38.0 Å². The number of hydrogen-bond acceptors (Lipinski definition) is 3. The van der Waals surface area contributed by atoms with Gasteiger partial charge in [0, 0.05) is 23.2 Å². The molecule has 1 atom stereocenters. The molecule has 19 heavy (non-hydrogen) atoms. The van der Waals surface area contributed by atoms with Gasteiger partial charge in [-0.2, -0.15) is 5.10 Å². The quantitative estimate of drug-likeness (QED) is 0.919. The van der Waals surface area contributed by atoms with Gasteiger partial charge in [0.1, 0.15) is 0 Å². The number of aromatic nitrogens is 2. The Balaban J connectivity index is 2.26. The lowest BCUT2D eigenvalue weighted by Crippen LogP contribution is -2.07. The molecule has 0 saturated heterocycles. The molecule has 0 aromatic carbocycles. The van der Waals surface area contributed by atoms with Crippen molar-refractivity contribution in [1.82, 2.24) is 9.78 Å². The number of thiophene rings is 1. The summed E-state index contributed by atoms with van der Waals surface area (Å²) in [5.74, 6) is 0. The Morgan fingerprint density at radius 2 is 2.16 bits per heavy atom. The van der Waals surface area contributed by atoms with Gasteiger partial charge in [0.15, 0.2) is 0 Å². The van der Waals surface area contributed by atoms with Crippen molar-refractivity contribution in [2.45, 2.75) is 39.7 Å². The summed E-state index contributed by atoms with van der Waals surface area (Å²) in [5.41, 5.74) is 3.13. The standard InChI is InChI=1S/C14H19BrN2OS/c1-5-11-14(15)12(17(4)16-11)7-13(18)10-6-8(2)19-9(10)3/h6,13,18H,5,7H2,1-4H3. The molecule has 1 N–H and O–H groups in total. The molecule has 0 radical (unpaired) electrons. The monoisotopic (exact) mass is 342 g/mol. The number of nitrogens with zero attached hydrogens (tertiary/aromatic N) is 2. The predicted octanol–water partition coefficient (Wildman–Crippen LogP) is 3.70. The van der Waals surface area contributed by atoms with Crippen LogP contribution in [-0.4, -0.2) is 14.9 Å². The van der Waals surface area contributed by atoms with E-state index in [4.69, 9.17) is 0 Å². The maximum atomic E-state index is 10.4. The molecule has 0 spiro atoms. The first-order valence-electron chi connectivity index (χ1n) is 6.39. The van der Waals surface area contributed by atoms with Crippen molar-refractivity contribution < 1.29 is 5.11 Å². The van der Waals surface area contributed by atoms with E-state index in [2.05, 4.69) is 47.9 Å². The summed E-state index contributed by atoms with van der Waals surface area (Å²) in [6.45, 7) is 6.22. The van der Waals surface area contributed by atoms with Gasteiger partial charge in [-0.15, -0.1) is 11.3 Å². The summed E-state index contributed by atoms with van der Waals surface area (Å²) < 4.78 is 2.89. The van der Waals surface area contributed by atoms with Crippen LogP contribution in [0.15, 0.2) is 10.5 Å². The van der Waals surface area contributed by atoms with Crippen LogP contribution >= 0.6 is 27.3 Å². The molecule has 2 heterocycles. The highest BCUT2D eigenvalue weighted by Gasteiger charge is 2.19. The highest BCUT2D eigenvalue weighted by Crippen LogP contribution is 2.31. The van der Waals surface area contributed by atoms with E-state index < -0.39 is 6.10 Å². The maximum absolute atomic E-state index is 10.4. The molecule has 0 saturated carbocycles.